The zero-order valence-corrected chi connectivity index (χ0v) is 18.6. The number of amides is 3. The number of rotatable bonds is 4. The van der Waals surface area contributed by atoms with Gasteiger partial charge >= 0.3 is 0 Å². The predicted molar refractivity (Wildman–Crippen MR) is 123 cm³/mol. The molecule has 0 bridgehead atoms. The van der Waals surface area contributed by atoms with Crippen LogP contribution in [-0.2, 0) is 24.3 Å². The normalized spacial score (nSPS) is 16.3. The van der Waals surface area contributed by atoms with Crippen molar-refractivity contribution in [1.82, 2.24) is 19.4 Å². The van der Waals surface area contributed by atoms with E-state index in [0.29, 0.717) is 16.8 Å². The number of benzene rings is 1. The van der Waals surface area contributed by atoms with E-state index in [1.807, 2.05) is 19.1 Å². The molecule has 5 rings (SSSR count). The van der Waals surface area contributed by atoms with Crippen LogP contribution in [0.2, 0.25) is 0 Å². The highest BCUT2D eigenvalue weighted by Gasteiger charge is 2.29. The first-order valence-corrected chi connectivity index (χ1v) is 11.7. The smallest absolute Gasteiger partial charge is 0.289 e. The number of imide groups is 1. The highest BCUT2D eigenvalue weighted by atomic mass is 32.2. The van der Waals surface area contributed by atoms with E-state index in [2.05, 4.69) is 14.9 Å². The van der Waals surface area contributed by atoms with Gasteiger partial charge in [-0.1, -0.05) is 30.3 Å². The van der Waals surface area contributed by atoms with Gasteiger partial charge < -0.3 is 9.88 Å². The van der Waals surface area contributed by atoms with E-state index in [1.54, 1.807) is 18.2 Å². The zero-order valence-electron chi connectivity index (χ0n) is 17.8. The van der Waals surface area contributed by atoms with Crippen LogP contribution < -0.4 is 5.32 Å². The molecule has 8 nitrogen and oxygen atoms in total. The summed E-state index contributed by atoms with van der Waals surface area (Å²) >= 11 is 1.02. The van der Waals surface area contributed by atoms with E-state index in [1.165, 1.54) is 11.3 Å². The van der Waals surface area contributed by atoms with Crippen molar-refractivity contribution in [3.63, 3.8) is 0 Å². The minimum atomic E-state index is -0.234. The molecule has 0 atom stereocenters. The number of nitrogens with zero attached hydrogens (tertiary/aromatic N) is 4. The number of imidazole rings is 1. The third-order valence-electron chi connectivity index (χ3n) is 5.83. The Hall–Kier alpha value is -3.20. The number of carbonyl (C=O) groups excluding carboxylic acids is 3. The van der Waals surface area contributed by atoms with Crippen LogP contribution >= 0.6 is 11.8 Å². The standard InChI is InChI=1S/C23H23N5O3S/c1-14-11-17(20-21(24-14)27-10-4-2-3-5-18(27)26-20)22(30)25-16-8-6-15(7-9-16)12-28-19(29)13-32-23(28)31/h6-9,11H,2-5,10,12-13H2,1H3,(H,25,30). The highest BCUT2D eigenvalue weighted by Crippen LogP contribution is 2.25. The molecule has 4 heterocycles. The first kappa shape index (κ1) is 20.7. The monoisotopic (exact) mass is 449 g/mol. The molecule has 1 N–H and O–H groups in total. The van der Waals surface area contributed by atoms with Crippen LogP contribution in [0.25, 0.3) is 11.2 Å². The molecule has 3 aromatic rings. The molecule has 0 unspecified atom stereocenters. The Kier molecular flexibility index (Phi) is 5.42. The number of anilines is 1. The summed E-state index contributed by atoms with van der Waals surface area (Å²) in [6, 6.07) is 8.95. The fourth-order valence-electron chi connectivity index (χ4n) is 4.20. The van der Waals surface area contributed by atoms with Gasteiger partial charge in [0, 0.05) is 24.3 Å². The van der Waals surface area contributed by atoms with Crippen LogP contribution in [0, 0.1) is 6.92 Å². The molecule has 0 aliphatic carbocycles. The number of fused-ring (bicyclic) bond motifs is 3. The van der Waals surface area contributed by atoms with Crippen molar-refractivity contribution in [2.45, 2.75) is 45.7 Å². The van der Waals surface area contributed by atoms with E-state index in [0.717, 1.165) is 60.3 Å². The number of aromatic nitrogens is 3. The number of carbonyl (C=O) groups is 3. The Morgan fingerprint density at radius 2 is 1.94 bits per heavy atom. The lowest BCUT2D eigenvalue weighted by atomic mass is 10.1. The van der Waals surface area contributed by atoms with Crippen molar-refractivity contribution in [2.75, 3.05) is 11.1 Å². The molecule has 1 fully saturated rings. The van der Waals surface area contributed by atoms with Gasteiger partial charge in [0.05, 0.1) is 17.9 Å². The summed E-state index contributed by atoms with van der Waals surface area (Å²) in [6.07, 6.45) is 4.27. The predicted octanol–water partition coefficient (Wildman–Crippen LogP) is 3.91. The largest absolute Gasteiger partial charge is 0.322 e. The summed E-state index contributed by atoms with van der Waals surface area (Å²) in [7, 11) is 0. The van der Waals surface area contributed by atoms with Crippen LogP contribution in [0.15, 0.2) is 30.3 Å². The van der Waals surface area contributed by atoms with E-state index in [-0.39, 0.29) is 29.4 Å². The summed E-state index contributed by atoms with van der Waals surface area (Å²) < 4.78 is 2.15. The Labute approximate surface area is 189 Å². The Bertz CT molecular complexity index is 1220. The molecular weight excluding hydrogens is 426 g/mol. The molecule has 0 spiro atoms. The topological polar surface area (TPSA) is 97.2 Å². The van der Waals surface area contributed by atoms with Gasteiger partial charge in [0.2, 0.25) is 5.91 Å². The maximum absolute atomic E-state index is 13.1. The number of hydrogen-bond donors (Lipinski definition) is 1. The average Bonchev–Trinajstić information content (AvgIpc) is 3.17. The molecule has 1 saturated heterocycles. The summed E-state index contributed by atoms with van der Waals surface area (Å²) in [5.74, 6) is 0.790. The second kappa shape index (κ2) is 8.38. The van der Waals surface area contributed by atoms with Crippen molar-refractivity contribution in [2.24, 2.45) is 0 Å². The lowest BCUT2D eigenvalue weighted by Gasteiger charge is -2.13. The lowest BCUT2D eigenvalue weighted by molar-refractivity contribution is -0.125. The van der Waals surface area contributed by atoms with Crippen LogP contribution in [0.1, 0.15) is 46.7 Å². The van der Waals surface area contributed by atoms with Crippen molar-refractivity contribution >= 4 is 45.7 Å². The van der Waals surface area contributed by atoms with E-state index >= 15 is 0 Å². The lowest BCUT2D eigenvalue weighted by Crippen LogP contribution is -2.27. The van der Waals surface area contributed by atoms with Crippen LogP contribution in [0.5, 0.6) is 0 Å². The van der Waals surface area contributed by atoms with Gasteiger partial charge in [0.25, 0.3) is 11.1 Å². The van der Waals surface area contributed by atoms with Gasteiger partial charge in [-0.15, -0.1) is 0 Å². The van der Waals surface area contributed by atoms with Crippen molar-refractivity contribution in [1.29, 1.82) is 0 Å². The summed E-state index contributed by atoms with van der Waals surface area (Å²) in [5.41, 5.74) is 4.18. The van der Waals surface area contributed by atoms with Crippen LogP contribution in [0.4, 0.5) is 10.5 Å². The van der Waals surface area contributed by atoms with Gasteiger partial charge in [0.15, 0.2) is 5.65 Å². The van der Waals surface area contributed by atoms with Gasteiger partial charge in [-0.3, -0.25) is 19.3 Å². The SMILES string of the molecule is Cc1cc(C(=O)Nc2ccc(CN3C(=O)CSC3=O)cc2)c2nc3n(c2n1)CCCCC3. The van der Waals surface area contributed by atoms with E-state index < -0.39 is 0 Å². The average molecular weight is 450 g/mol. The summed E-state index contributed by atoms with van der Waals surface area (Å²) in [5, 5.41) is 2.72. The number of thioether (sulfide) groups is 1. The zero-order chi connectivity index (χ0) is 22.2. The highest BCUT2D eigenvalue weighted by molar-refractivity contribution is 8.14. The molecule has 2 aliphatic heterocycles. The van der Waals surface area contributed by atoms with Crippen LogP contribution in [0.3, 0.4) is 0 Å². The van der Waals surface area contributed by atoms with E-state index in [9.17, 15) is 14.4 Å². The molecule has 0 radical (unpaired) electrons. The molecule has 2 aliphatic rings. The first-order valence-electron chi connectivity index (χ1n) is 10.7. The molecule has 3 amide bonds. The minimum absolute atomic E-state index is 0.173. The third-order valence-corrected chi connectivity index (χ3v) is 6.69. The Balaban J connectivity index is 1.37. The van der Waals surface area contributed by atoms with Crippen LogP contribution in [-0.4, -0.2) is 42.2 Å². The van der Waals surface area contributed by atoms with E-state index in [4.69, 9.17) is 4.98 Å². The molecule has 32 heavy (non-hydrogen) atoms. The van der Waals surface area contributed by atoms with Crippen molar-refractivity contribution in [3.8, 4) is 0 Å². The maximum atomic E-state index is 13.1. The third kappa shape index (κ3) is 3.88. The minimum Gasteiger partial charge on any atom is -0.322 e. The molecule has 9 heteroatoms. The second-order valence-corrected chi connectivity index (χ2v) is 9.09. The summed E-state index contributed by atoms with van der Waals surface area (Å²) in [6.45, 7) is 3.01. The molecule has 1 aromatic carbocycles. The van der Waals surface area contributed by atoms with Crippen molar-refractivity contribution < 1.29 is 14.4 Å². The van der Waals surface area contributed by atoms with Crippen molar-refractivity contribution in [3.05, 3.63) is 53.0 Å². The number of aryl methyl sites for hydroxylation is 3. The Morgan fingerprint density at radius 3 is 2.69 bits per heavy atom. The summed E-state index contributed by atoms with van der Waals surface area (Å²) in [4.78, 5) is 47.4. The number of nitrogens with one attached hydrogen (secondary N) is 1. The number of pyridine rings is 1. The molecule has 2 aromatic heterocycles. The quantitative estimate of drug-likeness (QED) is 0.649. The van der Waals surface area contributed by atoms with Gasteiger partial charge in [-0.25, -0.2) is 9.97 Å². The van der Waals surface area contributed by atoms with Gasteiger partial charge in [-0.05, 0) is 43.5 Å². The number of hydrogen-bond acceptors (Lipinski definition) is 6. The molecule has 0 saturated carbocycles. The molecule has 164 valence electrons. The maximum Gasteiger partial charge on any atom is 0.289 e. The second-order valence-electron chi connectivity index (χ2n) is 8.16. The molecular formula is C23H23N5O3S. The van der Waals surface area contributed by atoms with Gasteiger partial charge in [-0.2, -0.15) is 0 Å². The van der Waals surface area contributed by atoms with Gasteiger partial charge in [0.1, 0.15) is 11.3 Å². The first-order chi connectivity index (χ1) is 15.5. The fraction of sp³-hybridized carbons (Fsp3) is 0.348. The Morgan fingerprint density at radius 1 is 1.12 bits per heavy atom. The fourth-order valence-corrected chi connectivity index (χ4v) is 4.92.